The molecule has 0 N–H and O–H groups in total. The van der Waals surface area contributed by atoms with Crippen LogP contribution in [0.3, 0.4) is 0 Å². The van der Waals surface area contributed by atoms with Gasteiger partial charge in [-0.25, -0.2) is 0 Å². The molecule has 0 aliphatic carbocycles. The van der Waals surface area contributed by atoms with Crippen LogP contribution in [0.2, 0.25) is 0 Å². The Kier molecular flexibility index (Phi) is 8.81. The van der Waals surface area contributed by atoms with E-state index in [2.05, 4.69) is 34.1 Å². The maximum atomic E-state index is 12.8. The number of anilines is 1. The molecular weight excluding hydrogens is 589 g/mol. The topological polar surface area (TPSA) is 91.9 Å². The minimum Gasteiger partial charge on any atom is -0.490 e. The van der Waals surface area contributed by atoms with Gasteiger partial charge in [-0.05, 0) is 89.8 Å². The molecule has 236 valence electrons. The van der Waals surface area contributed by atoms with Gasteiger partial charge in [-0.15, -0.1) is 0 Å². The highest BCUT2D eigenvalue weighted by atomic mass is 19.4. The summed E-state index contributed by atoms with van der Waals surface area (Å²) in [6.07, 6.45) is 0.643. The standard InChI is InChI=1S/C33H33F3N4O5/c34-33(35,36)26-5-1-25(2-6-26)21-43-28-9-3-23(4-10-28)19-24-13-16-38(17-14-24)27-7-11-29(12-8-27)44-22-30-15-18-39-20-31(40(41)42)37-32(39)45-30/h1-12,20,24,30H,13-19,21-22H2/t30-/m1/s1. The number of imidazole rings is 1. The van der Waals surface area contributed by atoms with E-state index in [4.69, 9.17) is 14.2 Å². The summed E-state index contributed by atoms with van der Waals surface area (Å²) in [6, 6.07) is 21.3. The Morgan fingerprint density at radius 3 is 2.18 bits per heavy atom. The summed E-state index contributed by atoms with van der Waals surface area (Å²) in [5.41, 5.74) is 2.40. The number of alkyl halides is 3. The van der Waals surface area contributed by atoms with Gasteiger partial charge in [-0.1, -0.05) is 24.3 Å². The molecule has 45 heavy (non-hydrogen) atoms. The SMILES string of the molecule is O=[N+]([O-])c1cn2c(n1)O[C@@H](COc1ccc(N3CCC(Cc4ccc(OCc5ccc(C(F)(F)F)cc5)cc4)CC3)cc1)CC2. The van der Waals surface area contributed by atoms with Crippen molar-refractivity contribution >= 4 is 11.5 Å². The Morgan fingerprint density at radius 2 is 1.51 bits per heavy atom. The van der Waals surface area contributed by atoms with Crippen LogP contribution in [0.15, 0.2) is 79.0 Å². The van der Waals surface area contributed by atoms with E-state index in [1.807, 2.05) is 24.3 Å². The van der Waals surface area contributed by atoms with Gasteiger partial charge in [0.05, 0.1) is 5.56 Å². The Bertz CT molecular complexity index is 1580. The predicted molar refractivity (Wildman–Crippen MR) is 161 cm³/mol. The first-order valence-corrected chi connectivity index (χ1v) is 14.9. The molecule has 12 heteroatoms. The van der Waals surface area contributed by atoms with Gasteiger partial charge in [-0.2, -0.15) is 13.2 Å². The molecule has 1 fully saturated rings. The highest BCUT2D eigenvalue weighted by Gasteiger charge is 2.30. The van der Waals surface area contributed by atoms with Gasteiger partial charge in [0.2, 0.25) is 0 Å². The number of halogens is 3. The quantitative estimate of drug-likeness (QED) is 0.138. The molecule has 2 aliphatic heterocycles. The fourth-order valence-electron chi connectivity index (χ4n) is 5.69. The maximum Gasteiger partial charge on any atom is 0.416 e. The van der Waals surface area contributed by atoms with Gasteiger partial charge in [0.15, 0.2) is 0 Å². The summed E-state index contributed by atoms with van der Waals surface area (Å²) in [5, 5.41) is 11.0. The number of nitro groups is 1. The van der Waals surface area contributed by atoms with Crippen LogP contribution in [0.4, 0.5) is 24.7 Å². The molecule has 3 aromatic carbocycles. The summed E-state index contributed by atoms with van der Waals surface area (Å²) in [4.78, 5) is 16.7. The molecule has 3 heterocycles. The van der Waals surface area contributed by atoms with E-state index in [9.17, 15) is 23.3 Å². The highest BCUT2D eigenvalue weighted by molar-refractivity contribution is 5.49. The lowest BCUT2D eigenvalue weighted by Crippen LogP contribution is -2.34. The van der Waals surface area contributed by atoms with Crippen molar-refractivity contribution in [3.05, 3.63) is 106 Å². The van der Waals surface area contributed by atoms with Crippen LogP contribution in [0, 0.1) is 16.0 Å². The van der Waals surface area contributed by atoms with Crippen molar-refractivity contribution in [1.82, 2.24) is 9.55 Å². The van der Waals surface area contributed by atoms with E-state index in [0.717, 1.165) is 55.9 Å². The van der Waals surface area contributed by atoms with Crippen molar-refractivity contribution in [2.45, 2.75) is 51.1 Å². The number of aryl methyl sites for hydroxylation is 1. The van der Waals surface area contributed by atoms with Crippen molar-refractivity contribution in [3.8, 4) is 17.5 Å². The third-order valence-corrected chi connectivity index (χ3v) is 8.27. The third-order valence-electron chi connectivity index (χ3n) is 8.27. The number of nitrogens with zero attached hydrogens (tertiary/aromatic N) is 4. The van der Waals surface area contributed by atoms with Gasteiger partial charge < -0.3 is 29.2 Å². The molecule has 0 amide bonds. The number of fused-ring (bicyclic) bond motifs is 1. The van der Waals surface area contributed by atoms with Crippen molar-refractivity contribution in [1.29, 1.82) is 0 Å². The largest absolute Gasteiger partial charge is 0.490 e. The molecule has 9 nitrogen and oxygen atoms in total. The summed E-state index contributed by atoms with van der Waals surface area (Å²) in [5.74, 6) is 1.79. The van der Waals surface area contributed by atoms with Gasteiger partial charge in [0.1, 0.15) is 37.0 Å². The summed E-state index contributed by atoms with van der Waals surface area (Å²) < 4.78 is 57.4. The zero-order chi connectivity index (χ0) is 31.4. The van der Waals surface area contributed by atoms with Gasteiger partial charge in [-0.3, -0.25) is 4.57 Å². The fourth-order valence-corrected chi connectivity index (χ4v) is 5.69. The van der Waals surface area contributed by atoms with Gasteiger partial charge >= 0.3 is 18.0 Å². The molecule has 4 aromatic rings. The van der Waals surface area contributed by atoms with E-state index in [1.165, 1.54) is 23.9 Å². The first kappa shape index (κ1) is 30.3. The molecule has 0 unspecified atom stereocenters. The molecule has 0 saturated carbocycles. The predicted octanol–water partition coefficient (Wildman–Crippen LogP) is 7.08. The second-order valence-corrected chi connectivity index (χ2v) is 11.4. The van der Waals surface area contributed by atoms with E-state index >= 15 is 0 Å². The van der Waals surface area contributed by atoms with Crippen LogP contribution >= 0.6 is 0 Å². The van der Waals surface area contributed by atoms with E-state index in [-0.39, 0.29) is 24.5 Å². The van der Waals surface area contributed by atoms with E-state index in [0.29, 0.717) is 36.8 Å². The van der Waals surface area contributed by atoms with Crippen LogP contribution < -0.4 is 19.1 Å². The zero-order valence-electron chi connectivity index (χ0n) is 24.5. The third kappa shape index (κ3) is 7.68. The number of hydrogen-bond acceptors (Lipinski definition) is 7. The van der Waals surface area contributed by atoms with Gasteiger partial charge in [0.25, 0.3) is 0 Å². The Hall–Kier alpha value is -4.74. The lowest BCUT2D eigenvalue weighted by molar-refractivity contribution is -0.389. The monoisotopic (exact) mass is 622 g/mol. The molecule has 1 aromatic heterocycles. The fraction of sp³-hybridized carbons (Fsp3) is 0.364. The van der Waals surface area contributed by atoms with E-state index < -0.39 is 16.7 Å². The van der Waals surface area contributed by atoms with Crippen molar-refractivity contribution in [2.24, 2.45) is 5.92 Å². The number of benzene rings is 3. The minimum absolute atomic E-state index is 0.208. The van der Waals surface area contributed by atoms with Crippen LogP contribution in [-0.2, 0) is 25.7 Å². The molecule has 1 atom stereocenters. The normalized spacial score (nSPS) is 17.0. The number of hydrogen-bond donors (Lipinski definition) is 0. The molecular formula is C33H33F3N4O5. The van der Waals surface area contributed by atoms with Crippen molar-refractivity contribution in [2.75, 3.05) is 24.6 Å². The Labute approximate surface area is 258 Å². The minimum atomic E-state index is -4.34. The summed E-state index contributed by atoms with van der Waals surface area (Å²) in [7, 11) is 0. The summed E-state index contributed by atoms with van der Waals surface area (Å²) in [6.45, 7) is 3.06. The smallest absolute Gasteiger partial charge is 0.416 e. The number of ether oxygens (including phenoxy) is 3. The van der Waals surface area contributed by atoms with Crippen LogP contribution in [-0.4, -0.2) is 40.3 Å². The first-order valence-electron chi connectivity index (χ1n) is 14.9. The molecule has 0 spiro atoms. The Morgan fingerprint density at radius 1 is 0.867 bits per heavy atom. The molecule has 6 rings (SSSR count). The van der Waals surface area contributed by atoms with Crippen LogP contribution in [0.5, 0.6) is 17.5 Å². The van der Waals surface area contributed by atoms with Crippen molar-refractivity contribution in [3.63, 3.8) is 0 Å². The number of piperidine rings is 1. The average Bonchev–Trinajstić information content (AvgIpc) is 3.48. The second kappa shape index (κ2) is 13.1. The molecule has 1 saturated heterocycles. The lowest BCUT2D eigenvalue weighted by atomic mass is 9.90. The highest BCUT2D eigenvalue weighted by Crippen LogP contribution is 2.30. The average molecular weight is 623 g/mol. The lowest BCUT2D eigenvalue weighted by Gasteiger charge is -2.34. The van der Waals surface area contributed by atoms with Gasteiger partial charge in [0, 0.05) is 36.7 Å². The van der Waals surface area contributed by atoms with Crippen molar-refractivity contribution < 1.29 is 32.3 Å². The molecule has 2 aliphatic rings. The zero-order valence-corrected chi connectivity index (χ0v) is 24.5. The second-order valence-electron chi connectivity index (χ2n) is 11.4. The number of rotatable bonds is 10. The first-order chi connectivity index (χ1) is 21.7. The number of aromatic nitrogens is 2. The van der Waals surface area contributed by atoms with E-state index in [1.54, 1.807) is 4.57 Å². The Balaban J connectivity index is 0.914. The summed E-state index contributed by atoms with van der Waals surface area (Å²) >= 11 is 0. The molecule has 0 radical (unpaired) electrons. The molecule has 0 bridgehead atoms. The van der Waals surface area contributed by atoms with Crippen LogP contribution in [0.1, 0.15) is 36.0 Å². The maximum absolute atomic E-state index is 12.8. The van der Waals surface area contributed by atoms with Crippen LogP contribution in [0.25, 0.3) is 0 Å².